The number of anilines is 2. The van der Waals surface area contributed by atoms with Gasteiger partial charge in [-0.05, 0) is 43.5 Å². The molecule has 1 aliphatic heterocycles. The van der Waals surface area contributed by atoms with E-state index in [0.29, 0.717) is 5.69 Å². The van der Waals surface area contributed by atoms with Crippen LogP contribution in [0, 0.1) is 0 Å². The highest BCUT2D eigenvalue weighted by Crippen LogP contribution is 2.26. The second kappa shape index (κ2) is 8.68. The molecule has 0 aliphatic carbocycles. The topological polar surface area (TPSA) is 54.5 Å². The maximum absolute atomic E-state index is 12.4. The second-order valence-electron chi connectivity index (χ2n) is 6.47. The quantitative estimate of drug-likeness (QED) is 0.756. The molecule has 1 saturated heterocycles. The summed E-state index contributed by atoms with van der Waals surface area (Å²) < 4.78 is 41.2. The molecule has 1 aromatic carbocycles. The summed E-state index contributed by atoms with van der Waals surface area (Å²) >= 11 is 5.89. The zero-order chi connectivity index (χ0) is 20.1. The Kier molecular flexibility index (Phi) is 6.28. The van der Waals surface area contributed by atoms with Crippen LogP contribution in [0.2, 0.25) is 5.02 Å². The summed E-state index contributed by atoms with van der Waals surface area (Å²) in [6, 6.07) is 8.73. The molecule has 2 aromatic rings. The molecule has 1 aromatic heterocycles. The molecule has 3 rings (SSSR count). The minimum absolute atomic E-state index is 0.118. The fourth-order valence-electron chi connectivity index (χ4n) is 2.94. The number of piperidine rings is 1. The van der Waals surface area contributed by atoms with Gasteiger partial charge in [-0.1, -0.05) is 17.7 Å². The van der Waals surface area contributed by atoms with E-state index < -0.39 is 18.7 Å². The summed E-state index contributed by atoms with van der Waals surface area (Å²) in [4.78, 5) is 18.4. The Hall–Kier alpha value is -2.48. The lowest BCUT2D eigenvalue weighted by atomic mass is 10.1. The lowest BCUT2D eigenvalue weighted by Crippen LogP contribution is -2.29. The molecule has 1 amide bonds. The lowest BCUT2D eigenvalue weighted by Gasteiger charge is -2.29. The van der Waals surface area contributed by atoms with E-state index in [9.17, 15) is 18.0 Å². The Bertz CT molecular complexity index is 839. The van der Waals surface area contributed by atoms with E-state index in [1.165, 1.54) is 12.5 Å². The molecule has 0 saturated carbocycles. The molecule has 2 heterocycles. The number of carbonyl (C=O) groups excluding carboxylic acids is 1. The van der Waals surface area contributed by atoms with E-state index >= 15 is 0 Å². The van der Waals surface area contributed by atoms with Crippen molar-refractivity contribution in [2.75, 3.05) is 29.9 Å². The van der Waals surface area contributed by atoms with Gasteiger partial charge in [-0.25, -0.2) is 4.98 Å². The number of pyridine rings is 1. The largest absolute Gasteiger partial charge is 0.467 e. The minimum atomic E-state index is -4.50. The molecular weight excluding hydrogens is 395 g/mol. The predicted octanol–water partition coefficient (Wildman–Crippen LogP) is 4.92. The molecule has 0 unspecified atom stereocenters. The van der Waals surface area contributed by atoms with Gasteiger partial charge in [0.1, 0.15) is 5.02 Å². The minimum Gasteiger partial charge on any atom is -0.467 e. The average molecular weight is 414 g/mol. The molecule has 0 spiro atoms. The third-order valence-electron chi connectivity index (χ3n) is 4.27. The number of carbonyl (C=O) groups is 1. The van der Waals surface area contributed by atoms with Crippen LogP contribution in [0.15, 0.2) is 36.5 Å². The van der Waals surface area contributed by atoms with E-state index in [2.05, 4.69) is 19.9 Å². The fourth-order valence-corrected chi connectivity index (χ4v) is 3.16. The van der Waals surface area contributed by atoms with Gasteiger partial charge < -0.3 is 15.0 Å². The molecule has 0 radical (unpaired) electrons. The van der Waals surface area contributed by atoms with Crippen LogP contribution in [-0.2, 0) is 0 Å². The van der Waals surface area contributed by atoms with Crippen molar-refractivity contribution in [3.63, 3.8) is 0 Å². The van der Waals surface area contributed by atoms with Gasteiger partial charge in [0.15, 0.2) is 6.61 Å². The summed E-state index contributed by atoms with van der Waals surface area (Å²) in [7, 11) is 0. The van der Waals surface area contributed by atoms with Crippen molar-refractivity contribution >= 4 is 28.9 Å². The number of hydrogen-bond acceptors (Lipinski definition) is 4. The summed E-state index contributed by atoms with van der Waals surface area (Å²) in [5.74, 6) is -0.838. The molecule has 5 nitrogen and oxygen atoms in total. The van der Waals surface area contributed by atoms with E-state index in [1.54, 1.807) is 6.07 Å². The van der Waals surface area contributed by atoms with Crippen LogP contribution in [-0.4, -0.2) is 36.8 Å². The van der Waals surface area contributed by atoms with Crippen LogP contribution in [0.4, 0.5) is 24.5 Å². The summed E-state index contributed by atoms with van der Waals surface area (Å²) in [5, 5.41) is 2.59. The Labute approximate surface area is 165 Å². The number of nitrogens with zero attached hydrogens (tertiary/aromatic N) is 2. The Morgan fingerprint density at radius 3 is 2.64 bits per heavy atom. The number of alkyl halides is 3. The number of ether oxygens (including phenoxy) is 1. The van der Waals surface area contributed by atoms with Crippen molar-refractivity contribution < 1.29 is 22.7 Å². The SMILES string of the molecule is O=C(Nc1cccc(N2CCCCC2)c1)c1cnc(OCC(F)(F)F)c(Cl)c1. The number of nitrogens with one attached hydrogen (secondary N) is 1. The summed E-state index contributed by atoms with van der Waals surface area (Å²) in [6.07, 6.45) is 0.137. The first-order valence-corrected chi connectivity index (χ1v) is 9.21. The van der Waals surface area contributed by atoms with Crippen molar-refractivity contribution in [1.29, 1.82) is 0 Å². The van der Waals surface area contributed by atoms with Gasteiger partial charge in [-0.2, -0.15) is 13.2 Å². The Morgan fingerprint density at radius 1 is 1.21 bits per heavy atom. The molecule has 28 heavy (non-hydrogen) atoms. The summed E-state index contributed by atoms with van der Waals surface area (Å²) in [5.41, 5.74) is 1.76. The molecule has 0 bridgehead atoms. The number of benzene rings is 1. The first-order valence-electron chi connectivity index (χ1n) is 8.83. The molecule has 1 aliphatic rings. The van der Waals surface area contributed by atoms with Gasteiger partial charge in [0.2, 0.25) is 5.88 Å². The van der Waals surface area contributed by atoms with Gasteiger partial charge >= 0.3 is 6.18 Å². The highest BCUT2D eigenvalue weighted by Gasteiger charge is 2.29. The lowest BCUT2D eigenvalue weighted by molar-refractivity contribution is -0.154. The fraction of sp³-hybridized carbons (Fsp3) is 0.368. The maximum atomic E-state index is 12.4. The number of aromatic nitrogens is 1. The maximum Gasteiger partial charge on any atom is 0.422 e. The van der Waals surface area contributed by atoms with Gasteiger partial charge in [-0.15, -0.1) is 0 Å². The van der Waals surface area contributed by atoms with Crippen LogP contribution in [0.5, 0.6) is 5.88 Å². The number of amides is 1. The van der Waals surface area contributed by atoms with Crippen molar-refractivity contribution in [2.45, 2.75) is 25.4 Å². The number of halogens is 4. The average Bonchev–Trinajstić information content (AvgIpc) is 2.67. The second-order valence-corrected chi connectivity index (χ2v) is 6.87. The smallest absolute Gasteiger partial charge is 0.422 e. The molecule has 0 atom stereocenters. The molecular formula is C19H19ClF3N3O2. The number of hydrogen-bond donors (Lipinski definition) is 1. The van der Waals surface area contributed by atoms with E-state index in [0.717, 1.165) is 37.8 Å². The van der Waals surface area contributed by atoms with Crippen molar-refractivity contribution in [3.8, 4) is 5.88 Å². The molecule has 1 N–H and O–H groups in total. The molecule has 150 valence electrons. The van der Waals surface area contributed by atoms with Crippen molar-refractivity contribution in [3.05, 3.63) is 47.1 Å². The number of rotatable bonds is 5. The van der Waals surface area contributed by atoms with Gasteiger partial charge in [0.05, 0.1) is 5.56 Å². The van der Waals surface area contributed by atoms with E-state index in [4.69, 9.17) is 11.6 Å². The third kappa shape index (κ3) is 5.51. The zero-order valence-electron chi connectivity index (χ0n) is 14.9. The van der Waals surface area contributed by atoms with Crippen molar-refractivity contribution in [2.24, 2.45) is 0 Å². The highest BCUT2D eigenvalue weighted by molar-refractivity contribution is 6.32. The van der Waals surface area contributed by atoms with Crippen LogP contribution in [0.3, 0.4) is 0 Å². The monoisotopic (exact) mass is 413 g/mol. The first kappa shape index (κ1) is 20.3. The Balaban J connectivity index is 1.67. The predicted molar refractivity (Wildman–Crippen MR) is 101 cm³/mol. The van der Waals surface area contributed by atoms with E-state index in [-0.39, 0.29) is 16.5 Å². The van der Waals surface area contributed by atoms with Gasteiger partial charge in [-0.3, -0.25) is 4.79 Å². The molecule has 9 heteroatoms. The standard InChI is InChI=1S/C19H19ClF3N3O2/c20-16-9-13(11-24-18(16)28-12-19(21,22)23)17(27)25-14-5-4-6-15(10-14)26-7-2-1-3-8-26/h4-6,9-11H,1-3,7-8,12H2,(H,25,27). The molecule has 1 fully saturated rings. The first-order chi connectivity index (χ1) is 13.3. The Morgan fingerprint density at radius 2 is 1.96 bits per heavy atom. The zero-order valence-corrected chi connectivity index (χ0v) is 15.7. The van der Waals surface area contributed by atoms with Crippen molar-refractivity contribution in [1.82, 2.24) is 4.98 Å². The van der Waals surface area contributed by atoms with Crippen LogP contribution in [0.25, 0.3) is 0 Å². The van der Waals surface area contributed by atoms with Crippen LogP contribution in [0.1, 0.15) is 29.6 Å². The summed E-state index contributed by atoms with van der Waals surface area (Å²) in [6.45, 7) is 0.460. The third-order valence-corrected chi connectivity index (χ3v) is 4.54. The normalized spacial score (nSPS) is 14.6. The van der Waals surface area contributed by atoms with E-state index in [1.807, 2.05) is 18.2 Å². The van der Waals surface area contributed by atoms with Gasteiger partial charge in [0.25, 0.3) is 5.91 Å². The van der Waals surface area contributed by atoms with Crippen LogP contribution < -0.4 is 15.0 Å². The highest BCUT2D eigenvalue weighted by atomic mass is 35.5. The van der Waals surface area contributed by atoms with Gasteiger partial charge in [0, 0.05) is 30.7 Å². The van der Waals surface area contributed by atoms with Crippen LogP contribution >= 0.6 is 11.6 Å².